The normalized spacial score (nSPS) is 15.4. The highest BCUT2D eigenvalue weighted by Crippen LogP contribution is 2.26. The largest absolute Gasteiger partial charge is 0.324 e. The van der Waals surface area contributed by atoms with Gasteiger partial charge in [0, 0.05) is 17.1 Å². The Bertz CT molecular complexity index is 864. The molecule has 0 spiro atoms. The van der Waals surface area contributed by atoms with Crippen molar-refractivity contribution in [1.29, 1.82) is 0 Å². The molecule has 4 rings (SSSR count). The number of nitrogens with one attached hydrogen (secondary N) is 3. The Morgan fingerprint density at radius 2 is 2.00 bits per heavy atom. The van der Waals surface area contributed by atoms with Crippen molar-refractivity contribution in [3.63, 3.8) is 0 Å². The molecule has 3 aromatic rings. The zero-order valence-electron chi connectivity index (χ0n) is 13.5. The third-order valence-electron chi connectivity index (χ3n) is 4.36. The van der Waals surface area contributed by atoms with E-state index in [1.807, 2.05) is 49.4 Å². The maximum Gasteiger partial charge on any atom is 0.246 e. The average molecular weight is 320 g/mol. The number of nitrogens with zero attached hydrogens (tertiary/aromatic N) is 1. The van der Waals surface area contributed by atoms with Crippen molar-refractivity contribution >= 4 is 22.5 Å². The minimum Gasteiger partial charge on any atom is -0.324 e. The summed E-state index contributed by atoms with van der Waals surface area (Å²) in [5.41, 5.74) is 3.92. The first kappa shape index (κ1) is 14.9. The quantitative estimate of drug-likeness (QED) is 0.675. The Labute approximate surface area is 140 Å². The van der Waals surface area contributed by atoms with Crippen LogP contribution in [-0.4, -0.2) is 22.1 Å². The number of carbonyl (C=O) groups excluding carboxylic acids is 1. The molecule has 1 aliphatic rings. The van der Waals surface area contributed by atoms with Gasteiger partial charge in [-0.1, -0.05) is 29.8 Å². The zero-order valence-corrected chi connectivity index (χ0v) is 13.5. The Kier molecular flexibility index (Phi) is 3.78. The molecule has 1 atom stereocenters. The summed E-state index contributed by atoms with van der Waals surface area (Å²) in [6, 6.07) is 14.0. The second-order valence-corrected chi connectivity index (χ2v) is 6.45. The molecule has 0 bridgehead atoms. The van der Waals surface area contributed by atoms with E-state index in [4.69, 9.17) is 0 Å². The number of hydrogen-bond donors (Lipinski definition) is 3. The maximum atomic E-state index is 12.8. The van der Waals surface area contributed by atoms with Crippen LogP contribution in [0.4, 0.5) is 5.69 Å². The first-order valence-electron chi connectivity index (χ1n) is 8.26. The number of anilines is 1. The van der Waals surface area contributed by atoms with Gasteiger partial charge in [0.25, 0.3) is 0 Å². The number of aromatic nitrogens is 2. The lowest BCUT2D eigenvalue weighted by Gasteiger charge is -2.19. The number of hydrogen-bond acceptors (Lipinski definition) is 3. The van der Waals surface area contributed by atoms with E-state index < -0.39 is 0 Å². The Hall–Kier alpha value is -2.66. The maximum absolute atomic E-state index is 12.8. The lowest BCUT2D eigenvalue weighted by atomic mass is 10.0. The van der Waals surface area contributed by atoms with Crippen LogP contribution in [0.3, 0.4) is 0 Å². The van der Waals surface area contributed by atoms with E-state index >= 15 is 0 Å². The van der Waals surface area contributed by atoms with Gasteiger partial charge in [-0.3, -0.25) is 15.2 Å². The number of fused-ring (bicyclic) bond motifs is 1. The van der Waals surface area contributed by atoms with Crippen molar-refractivity contribution < 1.29 is 4.79 Å². The van der Waals surface area contributed by atoms with Crippen molar-refractivity contribution in [1.82, 2.24) is 15.5 Å². The lowest BCUT2D eigenvalue weighted by Crippen LogP contribution is -2.34. The van der Waals surface area contributed by atoms with Crippen LogP contribution in [0.5, 0.6) is 0 Å². The smallest absolute Gasteiger partial charge is 0.246 e. The summed E-state index contributed by atoms with van der Waals surface area (Å²) >= 11 is 0. The first-order valence-corrected chi connectivity index (χ1v) is 8.26. The molecule has 0 aliphatic heterocycles. The second kappa shape index (κ2) is 6.09. The van der Waals surface area contributed by atoms with Gasteiger partial charge in [0.1, 0.15) is 6.04 Å². The molecule has 3 N–H and O–H groups in total. The van der Waals surface area contributed by atoms with Gasteiger partial charge < -0.3 is 5.32 Å². The predicted octanol–water partition coefficient (Wildman–Crippen LogP) is 3.30. The molecule has 1 unspecified atom stereocenters. The summed E-state index contributed by atoms with van der Waals surface area (Å²) < 4.78 is 0. The molecule has 24 heavy (non-hydrogen) atoms. The highest BCUT2D eigenvalue weighted by Gasteiger charge is 2.29. The summed E-state index contributed by atoms with van der Waals surface area (Å²) in [4.78, 5) is 12.8. The lowest BCUT2D eigenvalue weighted by molar-refractivity contribution is -0.118. The Morgan fingerprint density at radius 1 is 1.21 bits per heavy atom. The highest BCUT2D eigenvalue weighted by molar-refractivity contribution is 5.97. The molecule has 0 saturated heterocycles. The van der Waals surface area contributed by atoms with E-state index in [0.29, 0.717) is 6.04 Å². The van der Waals surface area contributed by atoms with Crippen molar-refractivity contribution in [2.24, 2.45) is 0 Å². The van der Waals surface area contributed by atoms with Gasteiger partial charge in [-0.15, -0.1) is 0 Å². The van der Waals surface area contributed by atoms with Gasteiger partial charge in [-0.05, 0) is 43.5 Å². The molecule has 1 fully saturated rings. The fraction of sp³-hybridized carbons (Fsp3) is 0.263. The summed E-state index contributed by atoms with van der Waals surface area (Å²) in [6.07, 6.45) is 4.03. The summed E-state index contributed by atoms with van der Waals surface area (Å²) in [5.74, 6) is -0.0337. The molecule has 5 nitrogen and oxygen atoms in total. The van der Waals surface area contributed by atoms with E-state index in [2.05, 4.69) is 20.8 Å². The van der Waals surface area contributed by atoms with Gasteiger partial charge in [0.2, 0.25) is 5.91 Å². The highest BCUT2D eigenvalue weighted by atomic mass is 16.2. The number of rotatable bonds is 5. The number of aromatic amines is 1. The fourth-order valence-electron chi connectivity index (χ4n) is 2.80. The minimum absolute atomic E-state index is 0.0337. The van der Waals surface area contributed by atoms with Crippen LogP contribution in [0, 0.1) is 6.92 Å². The van der Waals surface area contributed by atoms with Gasteiger partial charge >= 0.3 is 0 Å². The number of aryl methyl sites for hydroxylation is 1. The van der Waals surface area contributed by atoms with Crippen LogP contribution < -0.4 is 10.6 Å². The predicted molar refractivity (Wildman–Crippen MR) is 94.8 cm³/mol. The van der Waals surface area contributed by atoms with Crippen molar-refractivity contribution in [2.75, 3.05) is 5.32 Å². The Balaban J connectivity index is 1.56. The van der Waals surface area contributed by atoms with Crippen LogP contribution in [0.1, 0.15) is 30.0 Å². The van der Waals surface area contributed by atoms with Crippen molar-refractivity contribution in [3.8, 4) is 0 Å². The van der Waals surface area contributed by atoms with E-state index in [1.165, 1.54) is 5.56 Å². The monoisotopic (exact) mass is 320 g/mol. The molecule has 1 saturated carbocycles. The van der Waals surface area contributed by atoms with Crippen molar-refractivity contribution in [3.05, 3.63) is 59.8 Å². The third-order valence-corrected chi connectivity index (χ3v) is 4.36. The Morgan fingerprint density at radius 3 is 2.75 bits per heavy atom. The molecular formula is C19H20N4O. The summed E-state index contributed by atoms with van der Waals surface area (Å²) in [6.45, 7) is 2.05. The van der Waals surface area contributed by atoms with Crippen LogP contribution in [-0.2, 0) is 4.79 Å². The molecule has 1 aliphatic carbocycles. The third kappa shape index (κ3) is 3.16. The molecule has 0 radical (unpaired) electrons. The minimum atomic E-state index is -0.335. The molecule has 122 valence electrons. The topological polar surface area (TPSA) is 69.8 Å². The van der Waals surface area contributed by atoms with Gasteiger partial charge in [-0.2, -0.15) is 5.10 Å². The van der Waals surface area contributed by atoms with Gasteiger partial charge in [0.05, 0.1) is 11.7 Å². The fourth-order valence-corrected chi connectivity index (χ4v) is 2.80. The first-order chi connectivity index (χ1) is 11.7. The summed E-state index contributed by atoms with van der Waals surface area (Å²) in [5, 5.41) is 14.4. The van der Waals surface area contributed by atoms with Crippen LogP contribution in [0.15, 0.2) is 48.7 Å². The number of carbonyl (C=O) groups is 1. The number of amides is 1. The van der Waals surface area contributed by atoms with Gasteiger partial charge in [-0.25, -0.2) is 0 Å². The van der Waals surface area contributed by atoms with E-state index in [1.54, 1.807) is 6.20 Å². The number of H-pyrrole nitrogens is 1. The van der Waals surface area contributed by atoms with E-state index in [0.717, 1.165) is 35.0 Å². The second-order valence-electron chi connectivity index (χ2n) is 6.45. The summed E-state index contributed by atoms with van der Waals surface area (Å²) in [7, 11) is 0. The van der Waals surface area contributed by atoms with E-state index in [9.17, 15) is 4.79 Å². The van der Waals surface area contributed by atoms with Crippen LogP contribution in [0.2, 0.25) is 0 Å². The SMILES string of the molecule is Cc1ccc(C(NC2CC2)C(=O)Nc2ccc3[nH]ncc3c2)cc1. The van der Waals surface area contributed by atoms with Crippen LogP contribution in [0.25, 0.3) is 10.9 Å². The van der Waals surface area contributed by atoms with Crippen LogP contribution >= 0.6 is 0 Å². The molecule has 5 heteroatoms. The molecule has 1 amide bonds. The van der Waals surface area contributed by atoms with Gasteiger partial charge in [0.15, 0.2) is 0 Å². The van der Waals surface area contributed by atoms with E-state index in [-0.39, 0.29) is 11.9 Å². The average Bonchev–Trinajstić information content (AvgIpc) is 3.28. The molecular weight excluding hydrogens is 300 g/mol. The molecule has 2 aromatic carbocycles. The zero-order chi connectivity index (χ0) is 16.5. The number of benzene rings is 2. The van der Waals surface area contributed by atoms with Crippen molar-refractivity contribution in [2.45, 2.75) is 31.8 Å². The molecule has 1 heterocycles. The standard InChI is InChI=1S/C19H20N4O/c1-12-2-4-13(5-3-12)18(21-15-6-7-15)19(24)22-16-8-9-17-14(10-16)11-20-23-17/h2-5,8-11,15,18,21H,6-7H2,1H3,(H,20,23)(H,22,24). The molecule has 1 aromatic heterocycles.